The molecule has 1 fully saturated rings. The summed E-state index contributed by atoms with van der Waals surface area (Å²) >= 11 is 0. The first-order valence-electron chi connectivity index (χ1n) is 4.50. The molecule has 1 aliphatic rings. The number of rotatable bonds is 2. The highest BCUT2D eigenvalue weighted by Gasteiger charge is 2.17. The predicted molar refractivity (Wildman–Crippen MR) is 49.5 cm³/mol. The Morgan fingerprint density at radius 1 is 1.62 bits per heavy atom. The summed E-state index contributed by atoms with van der Waals surface area (Å²) in [6, 6.07) is 2.07. The van der Waals surface area contributed by atoms with Gasteiger partial charge >= 0.3 is 0 Å². The highest BCUT2D eigenvalue weighted by atomic mass is 16.1. The van der Waals surface area contributed by atoms with Crippen molar-refractivity contribution in [1.82, 2.24) is 15.6 Å². The van der Waals surface area contributed by atoms with E-state index in [-0.39, 0.29) is 5.91 Å². The van der Waals surface area contributed by atoms with Crippen LogP contribution in [-0.4, -0.2) is 30.0 Å². The van der Waals surface area contributed by atoms with E-state index in [1.807, 2.05) is 0 Å². The fourth-order valence-electron chi connectivity index (χ4n) is 1.51. The van der Waals surface area contributed by atoms with Crippen molar-refractivity contribution in [1.29, 1.82) is 0 Å². The maximum absolute atomic E-state index is 11.5. The van der Waals surface area contributed by atoms with Gasteiger partial charge < -0.3 is 15.6 Å². The lowest BCUT2D eigenvalue weighted by molar-refractivity contribution is 0.0940. The van der Waals surface area contributed by atoms with E-state index in [2.05, 4.69) is 15.6 Å². The summed E-state index contributed by atoms with van der Waals surface area (Å²) in [6.07, 6.45) is 4.48. The van der Waals surface area contributed by atoms with Crippen LogP contribution in [0.5, 0.6) is 0 Å². The summed E-state index contributed by atoms with van der Waals surface area (Å²) in [5, 5.41) is 6.16. The van der Waals surface area contributed by atoms with Gasteiger partial charge in [-0.3, -0.25) is 4.79 Å². The number of amides is 1. The van der Waals surface area contributed by atoms with Crippen molar-refractivity contribution in [2.75, 3.05) is 13.1 Å². The quantitative estimate of drug-likeness (QED) is 0.603. The van der Waals surface area contributed by atoms with Crippen molar-refractivity contribution < 1.29 is 4.79 Å². The molecule has 1 atom stereocenters. The van der Waals surface area contributed by atoms with Gasteiger partial charge in [0.2, 0.25) is 0 Å². The molecule has 0 saturated carbocycles. The van der Waals surface area contributed by atoms with Crippen LogP contribution in [-0.2, 0) is 0 Å². The van der Waals surface area contributed by atoms with Gasteiger partial charge in [0.25, 0.3) is 5.91 Å². The first kappa shape index (κ1) is 8.31. The van der Waals surface area contributed by atoms with Gasteiger partial charge in [-0.05, 0) is 19.0 Å². The van der Waals surface area contributed by atoms with Crippen molar-refractivity contribution in [2.45, 2.75) is 12.5 Å². The van der Waals surface area contributed by atoms with Crippen LogP contribution in [0.3, 0.4) is 0 Å². The molecule has 4 nitrogen and oxygen atoms in total. The Bertz CT molecular complexity index is 275. The van der Waals surface area contributed by atoms with E-state index in [9.17, 15) is 4.79 Å². The van der Waals surface area contributed by atoms with Gasteiger partial charge in [0.1, 0.15) is 0 Å². The second-order valence-electron chi connectivity index (χ2n) is 3.26. The Balaban J connectivity index is 1.91. The second-order valence-corrected chi connectivity index (χ2v) is 3.26. The van der Waals surface area contributed by atoms with Crippen LogP contribution in [0.1, 0.15) is 16.8 Å². The number of carbonyl (C=O) groups excluding carboxylic acids is 1. The van der Waals surface area contributed by atoms with Crippen LogP contribution in [0.25, 0.3) is 0 Å². The molecule has 0 aliphatic carbocycles. The average molecular weight is 179 g/mol. The molecule has 0 bridgehead atoms. The third kappa shape index (κ3) is 1.89. The Labute approximate surface area is 76.7 Å². The van der Waals surface area contributed by atoms with Gasteiger partial charge in [-0.25, -0.2) is 0 Å². The van der Waals surface area contributed by atoms with E-state index in [0.29, 0.717) is 11.6 Å². The van der Waals surface area contributed by atoms with Crippen LogP contribution >= 0.6 is 0 Å². The predicted octanol–water partition coefficient (Wildman–Crippen LogP) is 0.106. The summed E-state index contributed by atoms with van der Waals surface area (Å²) in [7, 11) is 0. The van der Waals surface area contributed by atoms with E-state index >= 15 is 0 Å². The third-order valence-corrected chi connectivity index (χ3v) is 2.26. The summed E-state index contributed by atoms with van der Waals surface area (Å²) < 4.78 is 0. The number of H-pyrrole nitrogens is 1. The van der Waals surface area contributed by atoms with Crippen LogP contribution < -0.4 is 10.6 Å². The molecule has 1 amide bonds. The normalized spacial score (nSPS) is 21.7. The van der Waals surface area contributed by atoms with E-state index < -0.39 is 0 Å². The number of carbonyl (C=O) groups is 1. The van der Waals surface area contributed by atoms with Crippen molar-refractivity contribution in [2.24, 2.45) is 0 Å². The smallest absolute Gasteiger partial charge is 0.253 e. The zero-order valence-corrected chi connectivity index (χ0v) is 7.34. The highest BCUT2D eigenvalue weighted by molar-refractivity contribution is 5.94. The summed E-state index contributed by atoms with van der Waals surface area (Å²) in [6.45, 7) is 1.88. The minimum Gasteiger partial charge on any atom is -0.367 e. The van der Waals surface area contributed by atoms with Gasteiger partial charge in [-0.15, -0.1) is 0 Å². The molecule has 0 aromatic carbocycles. The zero-order chi connectivity index (χ0) is 9.10. The first-order chi connectivity index (χ1) is 6.36. The lowest BCUT2D eigenvalue weighted by atomic mass is 10.2. The first-order valence-corrected chi connectivity index (χ1v) is 4.50. The van der Waals surface area contributed by atoms with Crippen LogP contribution in [0.15, 0.2) is 18.5 Å². The van der Waals surface area contributed by atoms with Crippen LogP contribution in [0.4, 0.5) is 0 Å². The number of aromatic nitrogens is 1. The molecule has 70 valence electrons. The summed E-state index contributed by atoms with van der Waals surface area (Å²) in [5.74, 6) is 0.00921. The molecule has 4 heteroatoms. The van der Waals surface area contributed by atoms with Gasteiger partial charge in [0.05, 0.1) is 5.56 Å². The topological polar surface area (TPSA) is 56.9 Å². The molecule has 0 spiro atoms. The Morgan fingerprint density at radius 3 is 3.15 bits per heavy atom. The Morgan fingerprint density at radius 2 is 2.54 bits per heavy atom. The largest absolute Gasteiger partial charge is 0.367 e. The zero-order valence-electron chi connectivity index (χ0n) is 7.34. The van der Waals surface area contributed by atoms with Crippen molar-refractivity contribution in [3.8, 4) is 0 Å². The van der Waals surface area contributed by atoms with Crippen LogP contribution in [0, 0.1) is 0 Å². The SMILES string of the molecule is O=C(NC1CCNC1)c1cc[nH]c1. The molecule has 1 aliphatic heterocycles. The minimum absolute atomic E-state index is 0.00921. The number of nitrogens with one attached hydrogen (secondary N) is 3. The van der Waals surface area contributed by atoms with Gasteiger partial charge in [-0.2, -0.15) is 0 Å². The van der Waals surface area contributed by atoms with Crippen molar-refractivity contribution in [3.05, 3.63) is 24.0 Å². The van der Waals surface area contributed by atoms with Crippen molar-refractivity contribution >= 4 is 5.91 Å². The Hall–Kier alpha value is -1.29. The average Bonchev–Trinajstić information content (AvgIpc) is 2.74. The molecule has 2 rings (SSSR count). The standard InChI is InChI=1S/C9H13N3O/c13-9(7-1-3-10-5-7)12-8-2-4-11-6-8/h1,3,5,8,10-11H,2,4,6H2,(H,12,13). The number of hydrogen-bond donors (Lipinski definition) is 3. The summed E-state index contributed by atoms with van der Waals surface area (Å²) in [4.78, 5) is 14.4. The third-order valence-electron chi connectivity index (χ3n) is 2.26. The highest BCUT2D eigenvalue weighted by Crippen LogP contribution is 2.01. The molecule has 2 heterocycles. The fraction of sp³-hybridized carbons (Fsp3) is 0.444. The molecule has 1 aromatic heterocycles. The maximum Gasteiger partial charge on any atom is 0.253 e. The van der Waals surface area contributed by atoms with Crippen molar-refractivity contribution in [3.63, 3.8) is 0 Å². The lowest BCUT2D eigenvalue weighted by Gasteiger charge is -2.09. The van der Waals surface area contributed by atoms with Gasteiger partial charge in [-0.1, -0.05) is 0 Å². The number of hydrogen-bond acceptors (Lipinski definition) is 2. The molecular formula is C9H13N3O. The number of aromatic amines is 1. The minimum atomic E-state index is 0.00921. The van der Waals surface area contributed by atoms with Crippen LogP contribution in [0.2, 0.25) is 0 Å². The fourth-order valence-corrected chi connectivity index (χ4v) is 1.51. The van der Waals surface area contributed by atoms with E-state index in [0.717, 1.165) is 19.5 Å². The Kier molecular flexibility index (Phi) is 2.31. The van der Waals surface area contributed by atoms with Gasteiger partial charge in [0.15, 0.2) is 0 Å². The lowest BCUT2D eigenvalue weighted by Crippen LogP contribution is -2.35. The molecule has 1 saturated heterocycles. The molecule has 13 heavy (non-hydrogen) atoms. The maximum atomic E-state index is 11.5. The second kappa shape index (κ2) is 3.62. The molecule has 0 radical (unpaired) electrons. The van der Waals surface area contributed by atoms with E-state index in [4.69, 9.17) is 0 Å². The van der Waals surface area contributed by atoms with Gasteiger partial charge in [0, 0.05) is 25.0 Å². The monoisotopic (exact) mass is 179 g/mol. The molecular weight excluding hydrogens is 166 g/mol. The van der Waals surface area contributed by atoms with E-state index in [1.54, 1.807) is 18.5 Å². The molecule has 3 N–H and O–H groups in total. The summed E-state index contributed by atoms with van der Waals surface area (Å²) in [5.41, 5.74) is 0.701. The molecule has 1 aromatic rings. The molecule has 1 unspecified atom stereocenters. The van der Waals surface area contributed by atoms with E-state index in [1.165, 1.54) is 0 Å².